The van der Waals surface area contributed by atoms with Gasteiger partial charge in [0.25, 0.3) is 0 Å². The monoisotopic (exact) mass is 410 g/mol. The number of benzene rings is 2. The normalized spacial score (nSPS) is 22.0. The van der Waals surface area contributed by atoms with E-state index in [-0.39, 0.29) is 17.3 Å². The summed E-state index contributed by atoms with van der Waals surface area (Å²) in [6.07, 6.45) is 4.10. The van der Waals surface area contributed by atoms with Crippen LogP contribution >= 0.6 is 0 Å². The van der Waals surface area contributed by atoms with Crippen LogP contribution in [0.25, 0.3) is 6.08 Å². The molecule has 1 unspecified atom stereocenters. The molecule has 1 saturated heterocycles. The number of phenolic OH excluding ortho intramolecular Hbond substituents is 1. The molecule has 2 aliphatic heterocycles. The summed E-state index contributed by atoms with van der Waals surface area (Å²) in [6.45, 7) is 5.03. The van der Waals surface area contributed by atoms with Crippen LogP contribution in [0.15, 0.2) is 36.1 Å². The van der Waals surface area contributed by atoms with Gasteiger partial charge in [0.05, 0.1) is 38.4 Å². The first kappa shape index (κ1) is 20.3. The second-order valence-corrected chi connectivity index (χ2v) is 8.12. The van der Waals surface area contributed by atoms with Gasteiger partial charge < -0.3 is 24.2 Å². The Kier molecular flexibility index (Phi) is 5.68. The minimum absolute atomic E-state index is 0.176. The summed E-state index contributed by atoms with van der Waals surface area (Å²) < 4.78 is 16.7. The van der Waals surface area contributed by atoms with E-state index in [1.165, 1.54) is 17.7 Å². The number of piperidine rings is 1. The maximum atomic E-state index is 13.0. The number of fused-ring (bicyclic) bond motifs is 1. The maximum Gasteiger partial charge on any atom is 0.231 e. The molecule has 2 heterocycles. The van der Waals surface area contributed by atoms with Crippen LogP contribution in [0.5, 0.6) is 23.0 Å². The Morgan fingerprint density at radius 1 is 1.23 bits per heavy atom. The fourth-order valence-electron chi connectivity index (χ4n) is 4.35. The highest BCUT2D eigenvalue weighted by Crippen LogP contribution is 2.40. The summed E-state index contributed by atoms with van der Waals surface area (Å²) in [4.78, 5) is 14.4. The lowest BCUT2D eigenvalue weighted by Gasteiger charge is -2.28. The van der Waals surface area contributed by atoms with Gasteiger partial charge in [-0.3, -0.25) is 4.79 Å². The van der Waals surface area contributed by atoms with Gasteiger partial charge in [0.2, 0.25) is 5.78 Å². The van der Waals surface area contributed by atoms with Gasteiger partial charge in [-0.2, -0.15) is 0 Å². The first-order chi connectivity index (χ1) is 14.5. The minimum Gasteiger partial charge on any atom is -0.507 e. The summed E-state index contributed by atoms with van der Waals surface area (Å²) >= 11 is 0. The molecule has 0 bridgehead atoms. The molecule has 0 spiro atoms. The number of Topliss-reactive ketones (excluding diaryl/α,β-unsaturated/α-hetero) is 1. The van der Waals surface area contributed by atoms with E-state index in [2.05, 4.69) is 6.92 Å². The number of nitrogens with one attached hydrogen (secondary N) is 1. The predicted octanol–water partition coefficient (Wildman–Crippen LogP) is 2.84. The molecule has 1 fully saturated rings. The average molecular weight is 410 g/mol. The number of likely N-dealkylation sites (tertiary alicyclic amines) is 1. The highest BCUT2D eigenvalue weighted by molar-refractivity contribution is 6.15. The highest BCUT2D eigenvalue weighted by Gasteiger charge is 2.33. The predicted molar refractivity (Wildman–Crippen MR) is 113 cm³/mol. The number of quaternary nitrogens is 1. The molecule has 2 N–H and O–H groups in total. The smallest absolute Gasteiger partial charge is 0.231 e. The van der Waals surface area contributed by atoms with Crippen LogP contribution in [0.4, 0.5) is 0 Å². The Bertz CT molecular complexity index is 997. The number of carbonyl (C=O) groups excluding carboxylic acids is 1. The quantitative estimate of drug-likeness (QED) is 0.742. The molecule has 2 atom stereocenters. The molecule has 2 aromatic carbocycles. The molecule has 158 valence electrons. The standard InChI is InChI=1S/C24H27NO5/c1-15-5-4-10-25(13-15)14-19-20(26)9-8-18-23(27)22(30-24(18)19)11-16-6-7-17(28-2)12-21(16)29-3/h6-9,11-12,15,26H,4-5,10,13-14H2,1-3H3/p+1/t15-/m1/s1. The Balaban J connectivity index is 1.65. The molecule has 0 aliphatic carbocycles. The summed E-state index contributed by atoms with van der Waals surface area (Å²) in [5.74, 6) is 2.60. The van der Waals surface area contributed by atoms with E-state index in [0.717, 1.165) is 18.7 Å². The fourth-order valence-corrected chi connectivity index (χ4v) is 4.35. The number of ketones is 1. The third kappa shape index (κ3) is 3.87. The molecule has 6 nitrogen and oxygen atoms in total. The number of hydrogen-bond donors (Lipinski definition) is 2. The zero-order valence-corrected chi connectivity index (χ0v) is 17.7. The van der Waals surface area contributed by atoms with Gasteiger partial charge in [0.15, 0.2) is 11.5 Å². The van der Waals surface area contributed by atoms with Gasteiger partial charge in [-0.1, -0.05) is 6.92 Å². The van der Waals surface area contributed by atoms with Crippen molar-refractivity contribution in [2.24, 2.45) is 5.92 Å². The molecule has 30 heavy (non-hydrogen) atoms. The first-order valence-electron chi connectivity index (χ1n) is 10.3. The second-order valence-electron chi connectivity index (χ2n) is 8.12. The third-order valence-electron chi connectivity index (χ3n) is 5.93. The minimum atomic E-state index is -0.189. The Labute approximate surface area is 176 Å². The van der Waals surface area contributed by atoms with Crippen molar-refractivity contribution in [2.45, 2.75) is 26.3 Å². The molecule has 0 radical (unpaired) electrons. The lowest BCUT2D eigenvalue weighted by Crippen LogP contribution is -3.12. The number of methoxy groups -OCH3 is 2. The van der Waals surface area contributed by atoms with Crippen LogP contribution in [0, 0.1) is 5.92 Å². The number of phenols is 1. The molecule has 2 aliphatic rings. The number of hydrogen-bond acceptors (Lipinski definition) is 5. The van der Waals surface area contributed by atoms with E-state index in [0.29, 0.717) is 40.8 Å². The fraction of sp³-hybridized carbons (Fsp3) is 0.375. The van der Waals surface area contributed by atoms with E-state index in [1.807, 2.05) is 6.07 Å². The van der Waals surface area contributed by atoms with Gasteiger partial charge in [0.1, 0.15) is 23.8 Å². The number of carbonyl (C=O) groups is 1. The van der Waals surface area contributed by atoms with Gasteiger partial charge in [-0.05, 0) is 43.2 Å². The van der Waals surface area contributed by atoms with E-state index in [9.17, 15) is 9.90 Å². The number of allylic oxidation sites excluding steroid dienone is 1. The van der Waals surface area contributed by atoms with Crippen LogP contribution in [-0.4, -0.2) is 38.2 Å². The van der Waals surface area contributed by atoms with Gasteiger partial charge in [-0.25, -0.2) is 0 Å². The molecular weight excluding hydrogens is 382 g/mol. The molecular formula is C24H28NO5+. The zero-order chi connectivity index (χ0) is 21.3. The Hall–Kier alpha value is -2.99. The van der Waals surface area contributed by atoms with Gasteiger partial charge in [-0.15, -0.1) is 0 Å². The van der Waals surface area contributed by atoms with Crippen molar-refractivity contribution in [1.29, 1.82) is 0 Å². The molecule has 0 amide bonds. The summed E-state index contributed by atoms with van der Waals surface area (Å²) in [5.41, 5.74) is 1.91. The number of rotatable bonds is 5. The van der Waals surface area contributed by atoms with Gasteiger partial charge in [0, 0.05) is 17.5 Å². The Morgan fingerprint density at radius 2 is 2.07 bits per heavy atom. The van der Waals surface area contributed by atoms with E-state index in [4.69, 9.17) is 14.2 Å². The summed E-state index contributed by atoms with van der Waals surface area (Å²) in [5, 5.41) is 10.5. The molecule has 0 aromatic heterocycles. The van der Waals surface area contributed by atoms with Crippen LogP contribution in [-0.2, 0) is 6.54 Å². The van der Waals surface area contributed by atoms with Crippen LogP contribution in [0.1, 0.15) is 41.3 Å². The van der Waals surface area contributed by atoms with Crippen molar-refractivity contribution >= 4 is 11.9 Å². The van der Waals surface area contributed by atoms with Crippen LogP contribution in [0.3, 0.4) is 0 Å². The zero-order valence-electron chi connectivity index (χ0n) is 17.7. The molecule has 4 rings (SSSR count). The summed E-state index contributed by atoms with van der Waals surface area (Å²) in [7, 11) is 3.16. The van der Waals surface area contributed by atoms with Crippen LogP contribution in [0.2, 0.25) is 0 Å². The lowest BCUT2D eigenvalue weighted by atomic mass is 9.99. The molecule has 6 heteroatoms. The Morgan fingerprint density at radius 3 is 2.80 bits per heavy atom. The average Bonchev–Trinajstić information content (AvgIpc) is 3.06. The van der Waals surface area contributed by atoms with Crippen molar-refractivity contribution < 1.29 is 29.0 Å². The van der Waals surface area contributed by atoms with Crippen molar-refractivity contribution in [3.05, 3.63) is 52.8 Å². The van der Waals surface area contributed by atoms with E-state index in [1.54, 1.807) is 44.6 Å². The van der Waals surface area contributed by atoms with Gasteiger partial charge >= 0.3 is 0 Å². The summed E-state index contributed by atoms with van der Waals surface area (Å²) in [6, 6.07) is 8.62. The van der Waals surface area contributed by atoms with E-state index >= 15 is 0 Å². The van der Waals surface area contributed by atoms with E-state index < -0.39 is 0 Å². The number of ether oxygens (including phenoxy) is 3. The number of aromatic hydroxyl groups is 1. The SMILES string of the molecule is COc1ccc(C=C2Oc3c(ccc(O)c3C[NH+]3CCC[C@@H](C)C3)C2=O)c(OC)c1. The third-order valence-corrected chi connectivity index (χ3v) is 5.93. The van der Waals surface area contributed by atoms with Crippen molar-refractivity contribution in [3.63, 3.8) is 0 Å². The largest absolute Gasteiger partial charge is 0.507 e. The van der Waals surface area contributed by atoms with Crippen molar-refractivity contribution in [2.75, 3.05) is 27.3 Å². The van der Waals surface area contributed by atoms with Crippen LogP contribution < -0.4 is 19.1 Å². The molecule has 2 aromatic rings. The molecule has 0 saturated carbocycles. The highest BCUT2D eigenvalue weighted by atomic mass is 16.5. The maximum absolute atomic E-state index is 13.0. The topological polar surface area (TPSA) is 69.4 Å². The first-order valence-corrected chi connectivity index (χ1v) is 10.3. The lowest BCUT2D eigenvalue weighted by molar-refractivity contribution is -0.922. The van der Waals surface area contributed by atoms with Crippen molar-refractivity contribution in [1.82, 2.24) is 0 Å². The van der Waals surface area contributed by atoms with Crippen molar-refractivity contribution in [3.8, 4) is 23.0 Å². The second kappa shape index (κ2) is 8.40.